The molecule has 0 amide bonds. The summed E-state index contributed by atoms with van der Waals surface area (Å²) in [6, 6.07) is 4.95. The molecule has 1 fully saturated rings. The number of hydrogen-bond acceptors (Lipinski definition) is 6. The Morgan fingerprint density at radius 1 is 1.39 bits per heavy atom. The molecule has 0 unspecified atom stereocenters. The molecular weight excluding hydrogens is 432 g/mol. The van der Waals surface area contributed by atoms with Gasteiger partial charge in [-0.05, 0) is 37.5 Å². The van der Waals surface area contributed by atoms with Crippen LogP contribution in [-0.4, -0.2) is 28.6 Å². The summed E-state index contributed by atoms with van der Waals surface area (Å²) in [5.74, 6) is 0. The molecule has 0 aromatic carbocycles. The lowest BCUT2D eigenvalue weighted by Gasteiger charge is -2.12. The molecule has 3 heterocycles. The lowest BCUT2D eigenvalue weighted by molar-refractivity contribution is 0.150. The fourth-order valence-corrected chi connectivity index (χ4v) is 5.40. The second-order valence-electron chi connectivity index (χ2n) is 6.50. The summed E-state index contributed by atoms with van der Waals surface area (Å²) in [5, 5.41) is 16.4. The second kappa shape index (κ2) is 6.45. The zero-order valence-electron chi connectivity index (χ0n) is 14.3. The predicted molar refractivity (Wildman–Crippen MR) is 98.9 cm³/mol. The molecule has 146 valence electrons. The maximum Gasteiger partial charge on any atom is 0.291 e. The second-order valence-corrected chi connectivity index (χ2v) is 9.60. The first-order valence-electron chi connectivity index (χ1n) is 8.04. The number of aromatic nitrogens is 3. The van der Waals surface area contributed by atoms with E-state index in [2.05, 4.69) is 14.9 Å². The van der Waals surface area contributed by atoms with Gasteiger partial charge < -0.3 is 4.40 Å². The van der Waals surface area contributed by atoms with Gasteiger partial charge in [-0.2, -0.15) is 9.98 Å². The van der Waals surface area contributed by atoms with Crippen molar-refractivity contribution in [2.45, 2.75) is 36.6 Å². The van der Waals surface area contributed by atoms with Gasteiger partial charge in [0.2, 0.25) is 10.0 Å². The summed E-state index contributed by atoms with van der Waals surface area (Å²) in [5.41, 5.74) is 0.575. The van der Waals surface area contributed by atoms with Crippen molar-refractivity contribution in [2.24, 2.45) is 0 Å². The number of rotatable bonds is 5. The summed E-state index contributed by atoms with van der Waals surface area (Å²) in [7, 11) is -4.01. The highest BCUT2D eigenvalue weighted by atomic mass is 35.5. The number of fused-ring (bicyclic) bond motifs is 1. The van der Waals surface area contributed by atoms with Crippen molar-refractivity contribution in [3.63, 3.8) is 0 Å². The first-order chi connectivity index (χ1) is 13.2. The molecular formula is C16H12ClF2N5O2S2. The smallest absolute Gasteiger partial charge is 0.291 e. The molecule has 3 aromatic heterocycles. The molecule has 3 aromatic rings. The Bertz CT molecular complexity index is 1240. The largest absolute Gasteiger partial charge is 0.311 e. The SMILES string of the molecule is Cc1cc(-c2nnc(C(F)F)s2)n2cc(S(=O)(=O)NC3(C#N)CC3)cc(Cl)c12. The van der Waals surface area contributed by atoms with Gasteiger partial charge in [-0.25, -0.2) is 17.2 Å². The molecule has 0 bridgehead atoms. The van der Waals surface area contributed by atoms with Crippen LogP contribution in [0.25, 0.3) is 16.2 Å². The monoisotopic (exact) mass is 443 g/mol. The predicted octanol–water partition coefficient (Wildman–Crippen LogP) is 3.69. The van der Waals surface area contributed by atoms with Crippen molar-refractivity contribution < 1.29 is 17.2 Å². The van der Waals surface area contributed by atoms with Crippen molar-refractivity contribution in [3.05, 3.63) is 33.9 Å². The minimum Gasteiger partial charge on any atom is -0.311 e. The van der Waals surface area contributed by atoms with Crippen LogP contribution in [0.3, 0.4) is 0 Å². The van der Waals surface area contributed by atoms with E-state index >= 15 is 0 Å². The number of halogens is 3. The molecule has 0 saturated heterocycles. The van der Waals surface area contributed by atoms with E-state index in [9.17, 15) is 17.2 Å². The van der Waals surface area contributed by atoms with Gasteiger partial charge in [-0.15, -0.1) is 10.2 Å². The zero-order valence-corrected chi connectivity index (χ0v) is 16.7. The highest BCUT2D eigenvalue weighted by molar-refractivity contribution is 7.89. The summed E-state index contributed by atoms with van der Waals surface area (Å²) >= 11 is 7.04. The van der Waals surface area contributed by atoms with E-state index in [0.29, 0.717) is 24.1 Å². The molecule has 12 heteroatoms. The number of hydrogen-bond donors (Lipinski definition) is 1. The van der Waals surface area contributed by atoms with Gasteiger partial charge in [0, 0.05) is 6.20 Å². The Labute approximate surface area is 167 Å². The summed E-state index contributed by atoms with van der Waals surface area (Å²) in [4.78, 5) is -0.137. The Morgan fingerprint density at radius 3 is 2.68 bits per heavy atom. The quantitative estimate of drug-likeness (QED) is 0.648. The van der Waals surface area contributed by atoms with Crippen LogP contribution in [0.4, 0.5) is 8.78 Å². The number of nitrogens with one attached hydrogen (secondary N) is 1. The van der Waals surface area contributed by atoms with Crippen molar-refractivity contribution >= 4 is 38.5 Å². The van der Waals surface area contributed by atoms with Crippen LogP contribution >= 0.6 is 22.9 Å². The number of nitriles is 1. The number of alkyl halides is 2. The van der Waals surface area contributed by atoms with Crippen molar-refractivity contribution in [1.82, 2.24) is 19.3 Å². The Morgan fingerprint density at radius 2 is 2.11 bits per heavy atom. The molecule has 0 radical (unpaired) electrons. The molecule has 4 rings (SSSR count). The topological polar surface area (TPSA) is 100 Å². The molecule has 1 saturated carbocycles. The normalized spacial score (nSPS) is 15.9. The summed E-state index contributed by atoms with van der Waals surface area (Å²) in [6.07, 6.45) is -0.535. The first kappa shape index (κ1) is 19.2. The maximum absolute atomic E-state index is 12.9. The van der Waals surface area contributed by atoms with E-state index in [4.69, 9.17) is 16.9 Å². The molecule has 28 heavy (non-hydrogen) atoms. The molecule has 0 spiro atoms. The van der Waals surface area contributed by atoms with E-state index in [1.807, 2.05) is 6.07 Å². The third-order valence-electron chi connectivity index (χ3n) is 4.43. The van der Waals surface area contributed by atoms with Crippen LogP contribution in [0.1, 0.15) is 29.8 Å². The molecule has 0 aliphatic heterocycles. The lowest BCUT2D eigenvalue weighted by atomic mass is 10.3. The average Bonchev–Trinajstić information content (AvgIpc) is 3.07. The van der Waals surface area contributed by atoms with Gasteiger partial charge in [0.05, 0.1) is 22.3 Å². The molecule has 0 atom stereocenters. The van der Waals surface area contributed by atoms with Crippen LogP contribution < -0.4 is 4.72 Å². The average molecular weight is 444 g/mol. The third-order valence-corrected chi connectivity index (χ3v) is 7.17. The third kappa shape index (κ3) is 3.16. The molecule has 7 nitrogen and oxygen atoms in total. The molecule has 1 N–H and O–H groups in total. The molecule has 1 aliphatic carbocycles. The standard InChI is InChI=1S/C16H12ClF2N5O2S2/c1-8-4-11(14-21-22-15(27-14)13(18)19)24-6-9(5-10(17)12(8)24)28(25,26)23-16(7-20)2-3-16/h4-6,13,23H,2-3H2,1H3. The Balaban J connectivity index is 1.86. The van der Waals surface area contributed by atoms with E-state index in [-0.39, 0.29) is 14.9 Å². The van der Waals surface area contributed by atoms with E-state index < -0.39 is 27.0 Å². The van der Waals surface area contributed by atoms with Crippen LogP contribution in [0.15, 0.2) is 23.2 Å². The summed E-state index contributed by atoms with van der Waals surface area (Å²) < 4.78 is 55.1. The minimum atomic E-state index is -4.01. The van der Waals surface area contributed by atoms with Gasteiger partial charge >= 0.3 is 0 Å². The maximum atomic E-state index is 12.9. The van der Waals surface area contributed by atoms with Crippen LogP contribution in [0.2, 0.25) is 5.02 Å². The zero-order chi connectivity index (χ0) is 20.3. The van der Waals surface area contributed by atoms with Gasteiger partial charge in [0.25, 0.3) is 6.43 Å². The Kier molecular flexibility index (Phi) is 4.42. The van der Waals surface area contributed by atoms with Crippen LogP contribution in [-0.2, 0) is 10.0 Å². The van der Waals surface area contributed by atoms with Crippen LogP contribution in [0.5, 0.6) is 0 Å². The molecule has 1 aliphatic rings. The number of nitrogens with zero attached hydrogens (tertiary/aromatic N) is 4. The van der Waals surface area contributed by atoms with Gasteiger partial charge in [0.15, 0.2) is 10.0 Å². The van der Waals surface area contributed by atoms with Crippen molar-refractivity contribution in [3.8, 4) is 16.8 Å². The van der Waals surface area contributed by atoms with E-state index in [0.717, 1.165) is 16.9 Å². The Hall–Kier alpha value is -2.13. The van der Waals surface area contributed by atoms with Gasteiger partial charge in [-0.3, -0.25) is 0 Å². The fraction of sp³-hybridized carbons (Fsp3) is 0.312. The van der Waals surface area contributed by atoms with E-state index in [1.54, 1.807) is 13.0 Å². The minimum absolute atomic E-state index is 0.137. The van der Waals surface area contributed by atoms with Crippen LogP contribution in [0, 0.1) is 18.3 Å². The van der Waals surface area contributed by atoms with Gasteiger partial charge in [-0.1, -0.05) is 22.9 Å². The highest BCUT2D eigenvalue weighted by Crippen LogP contribution is 2.38. The number of pyridine rings is 1. The number of aryl methyl sites for hydroxylation is 1. The number of sulfonamides is 1. The lowest BCUT2D eigenvalue weighted by Crippen LogP contribution is -2.35. The van der Waals surface area contributed by atoms with Gasteiger partial charge in [0.1, 0.15) is 10.4 Å². The summed E-state index contributed by atoms with van der Waals surface area (Å²) in [6.45, 7) is 1.76. The van der Waals surface area contributed by atoms with Crippen molar-refractivity contribution in [1.29, 1.82) is 5.26 Å². The van der Waals surface area contributed by atoms with E-state index in [1.165, 1.54) is 16.7 Å². The van der Waals surface area contributed by atoms with Crippen molar-refractivity contribution in [2.75, 3.05) is 0 Å². The first-order valence-corrected chi connectivity index (χ1v) is 10.7. The fourth-order valence-electron chi connectivity index (χ4n) is 2.86. The highest BCUT2D eigenvalue weighted by Gasteiger charge is 2.47.